The summed E-state index contributed by atoms with van der Waals surface area (Å²) in [5.41, 5.74) is -1.20. The molecule has 1 fully saturated rings. The topological polar surface area (TPSA) is 110 Å². The first-order chi connectivity index (χ1) is 8.59. The molecule has 0 amide bonds. The predicted octanol–water partition coefficient (Wildman–Crippen LogP) is 0.216. The van der Waals surface area contributed by atoms with Crippen LogP contribution in [-0.2, 0) is 24.4 Å². The van der Waals surface area contributed by atoms with E-state index in [0.717, 1.165) is 10.9 Å². The highest BCUT2D eigenvalue weighted by molar-refractivity contribution is 8.13. The Morgan fingerprint density at radius 1 is 1.58 bits per heavy atom. The monoisotopic (exact) mass is 323 g/mol. The summed E-state index contributed by atoms with van der Waals surface area (Å²) < 4.78 is 47.3. The molecule has 1 atom stereocenters. The molecule has 0 aromatic carbocycles. The van der Waals surface area contributed by atoms with Gasteiger partial charge in [-0.3, -0.25) is 0 Å². The molecular formula is C9H10ClN3O4S2. The van der Waals surface area contributed by atoms with Gasteiger partial charge in [-0.1, -0.05) is 0 Å². The van der Waals surface area contributed by atoms with Gasteiger partial charge < -0.3 is 0 Å². The molecule has 7 nitrogen and oxygen atoms in total. The van der Waals surface area contributed by atoms with Crippen LogP contribution in [0.5, 0.6) is 0 Å². The second kappa shape index (κ2) is 4.19. The predicted molar refractivity (Wildman–Crippen MR) is 66.9 cm³/mol. The molecule has 0 bridgehead atoms. The van der Waals surface area contributed by atoms with E-state index in [4.69, 9.17) is 15.9 Å². The molecule has 1 aromatic rings. The molecule has 2 heterocycles. The number of hydrogen-bond donors (Lipinski definition) is 0. The Kier molecular flexibility index (Phi) is 3.16. The van der Waals surface area contributed by atoms with Crippen LogP contribution in [0.2, 0.25) is 0 Å². The zero-order chi connectivity index (χ0) is 14.5. The number of halogens is 1. The molecule has 2 rings (SSSR count). The van der Waals surface area contributed by atoms with Crippen molar-refractivity contribution in [1.82, 2.24) is 9.78 Å². The van der Waals surface area contributed by atoms with E-state index in [1.165, 1.54) is 0 Å². The Balaban J connectivity index is 2.67. The van der Waals surface area contributed by atoms with Crippen molar-refractivity contribution in [1.29, 1.82) is 5.26 Å². The molecule has 0 N–H and O–H groups in total. The van der Waals surface area contributed by atoms with E-state index in [-0.39, 0.29) is 23.5 Å². The van der Waals surface area contributed by atoms with Gasteiger partial charge in [0.1, 0.15) is 11.6 Å². The fourth-order valence-electron chi connectivity index (χ4n) is 2.19. The second-order valence-corrected chi connectivity index (χ2v) is 9.33. The van der Waals surface area contributed by atoms with E-state index < -0.39 is 29.5 Å². The van der Waals surface area contributed by atoms with E-state index in [9.17, 15) is 16.8 Å². The SMILES string of the molecule is CC1(n2ncc(C#N)c2S(=O)(=O)Cl)CCS(=O)(=O)C1. The van der Waals surface area contributed by atoms with Crippen LogP contribution in [0.1, 0.15) is 18.9 Å². The van der Waals surface area contributed by atoms with Gasteiger partial charge in [0, 0.05) is 10.7 Å². The lowest BCUT2D eigenvalue weighted by atomic mass is 10.0. The third-order valence-electron chi connectivity index (χ3n) is 3.07. The second-order valence-electron chi connectivity index (χ2n) is 4.66. The highest BCUT2D eigenvalue weighted by Crippen LogP contribution is 2.34. The number of sulfone groups is 1. The summed E-state index contributed by atoms with van der Waals surface area (Å²) in [5, 5.41) is 12.3. The third-order valence-corrected chi connectivity index (χ3v) is 6.25. The maximum Gasteiger partial charge on any atom is 0.279 e. The van der Waals surface area contributed by atoms with Gasteiger partial charge in [0.25, 0.3) is 9.05 Å². The molecule has 0 aliphatic carbocycles. The van der Waals surface area contributed by atoms with Crippen molar-refractivity contribution in [2.75, 3.05) is 11.5 Å². The average Bonchev–Trinajstić information content (AvgIpc) is 2.79. The minimum atomic E-state index is -4.19. The van der Waals surface area contributed by atoms with Gasteiger partial charge in [0.05, 0.1) is 23.2 Å². The van der Waals surface area contributed by atoms with E-state index in [0.29, 0.717) is 0 Å². The standard InChI is InChI=1S/C9H10ClN3O4S2/c1-9(2-3-18(14,15)6-9)13-8(19(10,16)17)7(4-11)5-12-13/h5H,2-3,6H2,1H3. The minimum Gasteiger partial charge on any atom is -0.245 e. The molecule has 19 heavy (non-hydrogen) atoms. The highest BCUT2D eigenvalue weighted by Gasteiger charge is 2.43. The lowest BCUT2D eigenvalue weighted by Crippen LogP contribution is -2.34. The van der Waals surface area contributed by atoms with Crippen LogP contribution in [0.3, 0.4) is 0 Å². The van der Waals surface area contributed by atoms with Gasteiger partial charge in [0.15, 0.2) is 14.9 Å². The maximum atomic E-state index is 11.6. The minimum absolute atomic E-state index is 0.0486. The fraction of sp³-hybridized carbons (Fsp3) is 0.556. The zero-order valence-electron chi connectivity index (χ0n) is 9.87. The van der Waals surface area contributed by atoms with Crippen LogP contribution in [-0.4, -0.2) is 38.1 Å². The van der Waals surface area contributed by atoms with Crippen molar-refractivity contribution in [3.05, 3.63) is 11.8 Å². The molecule has 1 aliphatic rings. The molecule has 0 spiro atoms. The molecule has 1 saturated heterocycles. The van der Waals surface area contributed by atoms with E-state index >= 15 is 0 Å². The van der Waals surface area contributed by atoms with Gasteiger partial charge >= 0.3 is 0 Å². The molecule has 1 unspecified atom stereocenters. The average molecular weight is 324 g/mol. The van der Waals surface area contributed by atoms with Crippen molar-refractivity contribution in [3.8, 4) is 6.07 Å². The first-order valence-electron chi connectivity index (χ1n) is 5.23. The Hall–Kier alpha value is -1.11. The summed E-state index contributed by atoms with van der Waals surface area (Å²) in [5.74, 6) is -0.279. The number of nitriles is 1. The lowest BCUT2D eigenvalue weighted by molar-refractivity contribution is 0.302. The molecular weight excluding hydrogens is 314 g/mol. The van der Waals surface area contributed by atoms with Crippen LogP contribution in [0.25, 0.3) is 0 Å². The molecule has 1 aliphatic heterocycles. The molecule has 0 saturated carbocycles. The number of rotatable bonds is 2. The largest absolute Gasteiger partial charge is 0.279 e. The molecule has 10 heteroatoms. The van der Waals surface area contributed by atoms with Crippen LogP contribution < -0.4 is 0 Å². The first kappa shape index (κ1) is 14.3. The quantitative estimate of drug-likeness (QED) is 0.720. The van der Waals surface area contributed by atoms with Gasteiger partial charge in [-0.05, 0) is 13.3 Å². The highest BCUT2D eigenvalue weighted by atomic mass is 35.7. The molecule has 104 valence electrons. The van der Waals surface area contributed by atoms with Gasteiger partial charge in [-0.25, -0.2) is 21.5 Å². The van der Waals surface area contributed by atoms with Gasteiger partial charge in [-0.2, -0.15) is 10.4 Å². The number of nitrogens with zero attached hydrogens (tertiary/aromatic N) is 3. The normalized spacial score (nSPS) is 26.2. The summed E-state index contributed by atoms with van der Waals surface area (Å²) >= 11 is 0. The van der Waals surface area contributed by atoms with Crippen molar-refractivity contribution in [2.24, 2.45) is 0 Å². The fourth-order valence-corrected chi connectivity index (χ4v) is 5.58. The van der Waals surface area contributed by atoms with Crippen LogP contribution in [0, 0.1) is 11.3 Å². The lowest BCUT2D eigenvalue weighted by Gasteiger charge is -2.24. The summed E-state index contributed by atoms with van der Waals surface area (Å²) in [6, 6.07) is 1.69. The van der Waals surface area contributed by atoms with E-state index in [1.807, 2.05) is 0 Å². The maximum absolute atomic E-state index is 11.6. The molecule has 0 radical (unpaired) electrons. The van der Waals surface area contributed by atoms with Gasteiger partial charge in [0.2, 0.25) is 0 Å². The first-order valence-corrected chi connectivity index (χ1v) is 9.36. The Labute approximate surface area is 115 Å². The van der Waals surface area contributed by atoms with Crippen LogP contribution in [0.15, 0.2) is 11.2 Å². The Bertz CT molecular complexity index is 775. The zero-order valence-corrected chi connectivity index (χ0v) is 12.3. The van der Waals surface area contributed by atoms with Crippen LogP contribution >= 0.6 is 10.7 Å². The number of hydrogen-bond acceptors (Lipinski definition) is 6. The van der Waals surface area contributed by atoms with Gasteiger partial charge in [-0.15, -0.1) is 0 Å². The van der Waals surface area contributed by atoms with E-state index in [2.05, 4.69) is 5.10 Å². The molecule has 1 aromatic heterocycles. The summed E-state index contributed by atoms with van der Waals surface area (Å²) in [6.07, 6.45) is 1.30. The summed E-state index contributed by atoms with van der Waals surface area (Å²) in [7, 11) is -2.12. The Morgan fingerprint density at radius 3 is 2.63 bits per heavy atom. The smallest absolute Gasteiger partial charge is 0.245 e. The third kappa shape index (κ3) is 2.48. The van der Waals surface area contributed by atoms with Crippen molar-refractivity contribution >= 4 is 29.6 Å². The van der Waals surface area contributed by atoms with Crippen molar-refractivity contribution in [3.63, 3.8) is 0 Å². The van der Waals surface area contributed by atoms with E-state index in [1.54, 1.807) is 13.0 Å². The number of aromatic nitrogens is 2. The summed E-state index contributed by atoms with van der Waals surface area (Å²) in [4.78, 5) is 0. The summed E-state index contributed by atoms with van der Waals surface area (Å²) in [6.45, 7) is 1.58. The van der Waals surface area contributed by atoms with Crippen molar-refractivity contribution < 1.29 is 16.8 Å². The van der Waals surface area contributed by atoms with Crippen LogP contribution in [0.4, 0.5) is 0 Å². The Morgan fingerprint density at radius 2 is 2.21 bits per heavy atom. The van der Waals surface area contributed by atoms with Crippen molar-refractivity contribution in [2.45, 2.75) is 23.9 Å².